The highest BCUT2D eigenvalue weighted by Gasteiger charge is 2.34. The fourth-order valence-electron chi connectivity index (χ4n) is 4.04. The monoisotopic (exact) mass is 490 g/mol. The van der Waals surface area contributed by atoms with E-state index in [2.05, 4.69) is 9.97 Å². The normalized spacial score (nSPS) is 13.1. The third-order valence-electron chi connectivity index (χ3n) is 5.70. The first-order valence-corrected chi connectivity index (χ1v) is 11.4. The molecular weight excluding hydrogens is 475 g/mol. The van der Waals surface area contributed by atoms with Gasteiger partial charge in [-0.25, -0.2) is 4.98 Å². The predicted molar refractivity (Wildman–Crippen MR) is 135 cm³/mol. The van der Waals surface area contributed by atoms with Crippen LogP contribution in [0.15, 0.2) is 97.3 Å². The Hall–Kier alpha value is -2.95. The second-order valence-electron chi connectivity index (χ2n) is 7.65. The van der Waals surface area contributed by atoms with Crippen LogP contribution in [0.5, 0.6) is 0 Å². The summed E-state index contributed by atoms with van der Waals surface area (Å²) >= 11 is 19.5. The van der Waals surface area contributed by atoms with E-state index in [1.54, 1.807) is 42.7 Å². The van der Waals surface area contributed by atoms with Crippen molar-refractivity contribution in [2.24, 2.45) is 0 Å². The Morgan fingerprint density at radius 1 is 0.727 bits per heavy atom. The van der Waals surface area contributed by atoms with Gasteiger partial charge in [-0.15, -0.1) is 0 Å². The molecule has 1 atom stereocenters. The minimum absolute atomic E-state index is 0.326. The molecule has 0 amide bonds. The van der Waals surface area contributed by atoms with Crippen LogP contribution in [0.1, 0.15) is 16.7 Å². The van der Waals surface area contributed by atoms with Crippen LogP contribution in [0, 0.1) is 0 Å². The molecule has 0 radical (unpaired) electrons. The van der Waals surface area contributed by atoms with Crippen molar-refractivity contribution >= 4 is 45.7 Å². The molecule has 3 aromatic carbocycles. The Labute approximate surface area is 206 Å². The number of pyridine rings is 2. The van der Waals surface area contributed by atoms with Crippen molar-refractivity contribution in [1.82, 2.24) is 9.97 Å². The Kier molecular flexibility index (Phi) is 5.81. The molecule has 0 saturated carbocycles. The summed E-state index contributed by atoms with van der Waals surface area (Å²) in [5.41, 5.74) is 2.57. The lowest BCUT2D eigenvalue weighted by atomic mass is 9.80. The van der Waals surface area contributed by atoms with Gasteiger partial charge in [0.2, 0.25) is 0 Å². The van der Waals surface area contributed by atoms with Crippen LogP contribution >= 0.6 is 34.8 Å². The Morgan fingerprint density at radius 2 is 1.45 bits per heavy atom. The Morgan fingerprint density at radius 3 is 2.15 bits per heavy atom. The number of nitrogens with zero attached hydrogens (tertiary/aromatic N) is 2. The van der Waals surface area contributed by atoms with Gasteiger partial charge in [-0.2, -0.15) is 0 Å². The van der Waals surface area contributed by atoms with Crippen molar-refractivity contribution in [3.05, 3.63) is 129 Å². The standard InChI is InChI=1S/C27H17Cl3N2O/c28-21-11-8-18(9-12-21)27(33,20-7-4-14-31-16-20)19-10-13-23-22(15-19)25(29)24(26(30)32-23)17-5-2-1-3-6-17/h1-16,33H. The SMILES string of the molecule is OC(c1ccc(Cl)cc1)(c1cccnc1)c1ccc2nc(Cl)c(-c3ccccc3)c(Cl)c2c1. The maximum atomic E-state index is 12.1. The van der Waals surface area contributed by atoms with Crippen LogP contribution in [-0.2, 0) is 5.60 Å². The van der Waals surface area contributed by atoms with Crippen LogP contribution in [0.4, 0.5) is 0 Å². The third-order valence-corrected chi connectivity index (χ3v) is 6.62. The average molecular weight is 492 g/mol. The van der Waals surface area contributed by atoms with Gasteiger partial charge in [0.15, 0.2) is 0 Å². The van der Waals surface area contributed by atoms with E-state index >= 15 is 0 Å². The van der Waals surface area contributed by atoms with Crippen LogP contribution < -0.4 is 0 Å². The van der Waals surface area contributed by atoms with E-state index in [9.17, 15) is 5.11 Å². The second-order valence-corrected chi connectivity index (χ2v) is 8.82. The lowest BCUT2D eigenvalue weighted by Crippen LogP contribution is -2.29. The molecule has 3 nitrogen and oxygen atoms in total. The topological polar surface area (TPSA) is 46.0 Å². The summed E-state index contributed by atoms with van der Waals surface area (Å²) in [4.78, 5) is 8.79. The molecule has 0 aliphatic rings. The first kappa shape index (κ1) is 21.9. The number of hydrogen-bond acceptors (Lipinski definition) is 3. The highest BCUT2D eigenvalue weighted by atomic mass is 35.5. The number of aromatic nitrogens is 2. The fourth-order valence-corrected chi connectivity index (χ4v) is 4.86. The number of aliphatic hydroxyl groups is 1. The van der Waals surface area contributed by atoms with E-state index in [1.165, 1.54) is 0 Å². The van der Waals surface area contributed by atoms with Gasteiger partial charge in [0.05, 0.1) is 10.5 Å². The first-order valence-electron chi connectivity index (χ1n) is 10.2. The van der Waals surface area contributed by atoms with Crippen molar-refractivity contribution in [3.8, 4) is 11.1 Å². The zero-order chi connectivity index (χ0) is 23.0. The Bertz CT molecular complexity index is 1440. The number of benzene rings is 3. The zero-order valence-electron chi connectivity index (χ0n) is 17.2. The molecule has 33 heavy (non-hydrogen) atoms. The highest BCUT2D eigenvalue weighted by molar-refractivity contribution is 6.42. The average Bonchev–Trinajstić information content (AvgIpc) is 2.85. The molecular formula is C27H17Cl3N2O. The lowest BCUT2D eigenvalue weighted by Gasteiger charge is -2.30. The van der Waals surface area contributed by atoms with Crippen molar-refractivity contribution in [2.45, 2.75) is 5.60 Å². The molecule has 0 spiro atoms. The van der Waals surface area contributed by atoms with Crippen LogP contribution in [0.3, 0.4) is 0 Å². The molecule has 6 heteroatoms. The molecule has 0 saturated heterocycles. The van der Waals surface area contributed by atoms with E-state index in [4.69, 9.17) is 34.8 Å². The molecule has 0 aliphatic carbocycles. The summed E-state index contributed by atoms with van der Waals surface area (Å²) in [6.07, 6.45) is 3.32. The van der Waals surface area contributed by atoms with Gasteiger partial charge in [0.25, 0.3) is 0 Å². The summed E-state index contributed by atoms with van der Waals surface area (Å²) in [6.45, 7) is 0. The molecule has 1 N–H and O–H groups in total. The number of fused-ring (bicyclic) bond motifs is 1. The maximum absolute atomic E-state index is 12.1. The molecule has 2 aromatic heterocycles. The number of rotatable bonds is 4. The molecule has 2 heterocycles. The number of halogens is 3. The van der Waals surface area contributed by atoms with E-state index in [0.717, 1.165) is 5.56 Å². The fraction of sp³-hybridized carbons (Fsp3) is 0.0370. The van der Waals surface area contributed by atoms with E-state index in [1.807, 2.05) is 54.6 Å². The molecule has 1 unspecified atom stereocenters. The Balaban J connectivity index is 1.77. The maximum Gasteiger partial charge on any atom is 0.142 e. The van der Waals surface area contributed by atoms with Crippen LogP contribution in [0.25, 0.3) is 22.0 Å². The van der Waals surface area contributed by atoms with Crippen molar-refractivity contribution in [2.75, 3.05) is 0 Å². The molecule has 5 rings (SSSR count). The molecule has 0 aliphatic heterocycles. The van der Waals surface area contributed by atoms with Crippen molar-refractivity contribution < 1.29 is 5.11 Å². The van der Waals surface area contributed by atoms with Crippen molar-refractivity contribution in [3.63, 3.8) is 0 Å². The van der Waals surface area contributed by atoms with Crippen LogP contribution in [-0.4, -0.2) is 15.1 Å². The van der Waals surface area contributed by atoms with Crippen LogP contribution in [0.2, 0.25) is 15.2 Å². The van der Waals surface area contributed by atoms with Gasteiger partial charge in [0.1, 0.15) is 10.8 Å². The summed E-state index contributed by atoms with van der Waals surface area (Å²) in [5, 5.41) is 14.2. The van der Waals surface area contributed by atoms with Gasteiger partial charge in [-0.1, -0.05) is 89.4 Å². The quantitative estimate of drug-likeness (QED) is 0.264. The van der Waals surface area contributed by atoms with Crippen molar-refractivity contribution in [1.29, 1.82) is 0 Å². The van der Waals surface area contributed by atoms with Gasteiger partial charge in [-0.3, -0.25) is 4.98 Å². The second kappa shape index (κ2) is 8.77. The summed E-state index contributed by atoms with van der Waals surface area (Å²) in [6, 6.07) is 25.9. The number of hydrogen-bond donors (Lipinski definition) is 1. The molecule has 0 fully saturated rings. The van der Waals surface area contributed by atoms with Gasteiger partial charge < -0.3 is 5.11 Å². The highest BCUT2D eigenvalue weighted by Crippen LogP contribution is 2.42. The molecule has 162 valence electrons. The summed E-state index contributed by atoms with van der Waals surface area (Å²) in [7, 11) is 0. The van der Waals surface area contributed by atoms with Gasteiger partial charge in [0, 0.05) is 33.9 Å². The third kappa shape index (κ3) is 3.88. The molecule has 5 aromatic rings. The molecule has 0 bridgehead atoms. The minimum Gasteiger partial charge on any atom is -0.376 e. The minimum atomic E-state index is -1.48. The smallest absolute Gasteiger partial charge is 0.142 e. The largest absolute Gasteiger partial charge is 0.376 e. The first-order chi connectivity index (χ1) is 16.0. The van der Waals surface area contributed by atoms with E-state index in [0.29, 0.717) is 48.4 Å². The lowest BCUT2D eigenvalue weighted by molar-refractivity contribution is 0.125. The summed E-state index contributed by atoms with van der Waals surface area (Å²) in [5.74, 6) is 0. The zero-order valence-corrected chi connectivity index (χ0v) is 19.5. The van der Waals surface area contributed by atoms with E-state index < -0.39 is 5.60 Å². The predicted octanol–water partition coefficient (Wildman–Crippen LogP) is 7.54. The van der Waals surface area contributed by atoms with Gasteiger partial charge >= 0.3 is 0 Å². The van der Waals surface area contributed by atoms with Gasteiger partial charge in [-0.05, 0) is 47.0 Å². The summed E-state index contributed by atoms with van der Waals surface area (Å²) < 4.78 is 0. The van der Waals surface area contributed by atoms with E-state index in [-0.39, 0.29) is 0 Å².